The second-order valence-electron chi connectivity index (χ2n) is 6.36. The summed E-state index contributed by atoms with van der Waals surface area (Å²) in [6.45, 7) is 0. The van der Waals surface area contributed by atoms with Crippen LogP contribution in [-0.4, -0.2) is 15.0 Å². The van der Waals surface area contributed by atoms with Gasteiger partial charge in [0.2, 0.25) is 0 Å². The molecule has 0 amide bonds. The van der Waals surface area contributed by atoms with Crippen LogP contribution in [0.15, 0.2) is 36.5 Å². The topological polar surface area (TPSA) is 93.6 Å². The first kappa shape index (κ1) is 18.8. The molecule has 4 aromatic rings. The second kappa shape index (κ2) is 6.00. The maximum Gasteiger partial charge on any atom is 0.416 e. The summed E-state index contributed by atoms with van der Waals surface area (Å²) >= 11 is 0. The predicted octanol–water partition coefficient (Wildman–Crippen LogP) is 4.98. The Morgan fingerprint density at radius 2 is 1.48 bits per heavy atom. The van der Waals surface area contributed by atoms with Gasteiger partial charge in [-0.2, -0.15) is 31.3 Å². The molecule has 0 radical (unpaired) electrons. The molecule has 5 nitrogen and oxygen atoms in total. The molecule has 2 aromatic carbocycles. The molecule has 0 spiro atoms. The molecular formula is C18H11F6N5. The highest BCUT2D eigenvalue weighted by Crippen LogP contribution is 2.41. The third-order valence-corrected chi connectivity index (χ3v) is 4.44. The summed E-state index contributed by atoms with van der Waals surface area (Å²) in [5.41, 5.74) is 8.97. The van der Waals surface area contributed by atoms with Gasteiger partial charge in [-0.1, -0.05) is 0 Å². The van der Waals surface area contributed by atoms with E-state index in [-0.39, 0.29) is 34.5 Å². The number of nitrogens with zero attached hydrogens (tertiary/aromatic N) is 2. The lowest BCUT2D eigenvalue weighted by Gasteiger charge is -2.15. The fourth-order valence-electron chi connectivity index (χ4n) is 3.24. The fraction of sp³-hybridized carbons (Fsp3) is 0.111. The zero-order valence-corrected chi connectivity index (χ0v) is 14.3. The number of anilines is 2. The molecule has 11 heteroatoms. The first-order valence-electron chi connectivity index (χ1n) is 8.07. The van der Waals surface area contributed by atoms with E-state index >= 15 is 0 Å². The minimum atomic E-state index is -4.96. The highest BCUT2D eigenvalue weighted by atomic mass is 19.4. The molecule has 0 atom stereocenters. The number of aromatic amines is 1. The Balaban J connectivity index is 2.10. The normalized spacial score (nSPS) is 12.8. The van der Waals surface area contributed by atoms with E-state index < -0.39 is 23.5 Å². The number of nitrogens with two attached hydrogens (primary N) is 2. The van der Waals surface area contributed by atoms with E-state index in [0.29, 0.717) is 28.4 Å². The Hall–Kier alpha value is -3.50. The molecule has 4 rings (SSSR count). The highest BCUT2D eigenvalue weighted by molar-refractivity contribution is 6.15. The van der Waals surface area contributed by atoms with Crippen LogP contribution in [0.25, 0.3) is 32.9 Å². The van der Waals surface area contributed by atoms with Crippen molar-refractivity contribution in [3.63, 3.8) is 0 Å². The van der Waals surface area contributed by atoms with Crippen LogP contribution in [-0.2, 0) is 12.4 Å². The summed E-state index contributed by atoms with van der Waals surface area (Å²) in [4.78, 5) is 10.7. The van der Waals surface area contributed by atoms with Crippen LogP contribution < -0.4 is 11.5 Å². The van der Waals surface area contributed by atoms with E-state index in [0.717, 1.165) is 0 Å². The number of nitrogens with one attached hydrogen (secondary N) is 1. The molecule has 5 N–H and O–H groups in total. The van der Waals surface area contributed by atoms with Crippen LogP contribution in [0.1, 0.15) is 11.1 Å². The molecule has 0 aliphatic rings. The summed E-state index contributed by atoms with van der Waals surface area (Å²) in [6, 6.07) is 4.28. The smallest absolute Gasteiger partial charge is 0.383 e. The SMILES string of the molecule is Nc1nc(N)c2c(cc(-c3cc(C(F)(F)F)cc(C(F)(F)F)c3)c3nccc32)[nH]1. The van der Waals surface area contributed by atoms with Crippen LogP contribution in [0.4, 0.5) is 38.1 Å². The van der Waals surface area contributed by atoms with Gasteiger partial charge < -0.3 is 16.5 Å². The average Bonchev–Trinajstić information content (AvgIpc) is 3.08. The lowest BCUT2D eigenvalue weighted by Crippen LogP contribution is -2.11. The van der Waals surface area contributed by atoms with Gasteiger partial charge in [0.25, 0.3) is 0 Å². The summed E-state index contributed by atoms with van der Waals surface area (Å²) in [6.07, 6.45) is -8.55. The zero-order valence-electron chi connectivity index (χ0n) is 14.3. The second-order valence-corrected chi connectivity index (χ2v) is 6.36. The Bertz CT molecular complexity index is 1220. The van der Waals surface area contributed by atoms with Gasteiger partial charge in [-0.25, -0.2) is 0 Å². The molecule has 0 fully saturated rings. The molecular weight excluding hydrogens is 400 g/mol. The van der Waals surface area contributed by atoms with Crippen molar-refractivity contribution >= 4 is 33.6 Å². The summed E-state index contributed by atoms with van der Waals surface area (Å²) < 4.78 is 79.4. The Morgan fingerprint density at radius 3 is 2.07 bits per heavy atom. The van der Waals surface area contributed by atoms with Crippen molar-refractivity contribution in [1.82, 2.24) is 15.0 Å². The lowest BCUT2D eigenvalue weighted by atomic mass is 9.96. The Morgan fingerprint density at radius 1 is 0.862 bits per heavy atom. The van der Waals surface area contributed by atoms with Gasteiger partial charge in [0.15, 0.2) is 5.95 Å². The molecule has 0 aliphatic heterocycles. The fourth-order valence-corrected chi connectivity index (χ4v) is 3.24. The van der Waals surface area contributed by atoms with Gasteiger partial charge in [-0.05, 0) is 35.9 Å². The minimum absolute atomic E-state index is 0.0557. The number of rotatable bonds is 1. The van der Waals surface area contributed by atoms with Crippen molar-refractivity contribution in [1.29, 1.82) is 0 Å². The van der Waals surface area contributed by atoms with Crippen LogP contribution >= 0.6 is 0 Å². The van der Waals surface area contributed by atoms with Gasteiger partial charge in [-0.3, -0.25) is 4.98 Å². The van der Waals surface area contributed by atoms with Crippen LogP contribution in [0.3, 0.4) is 0 Å². The van der Waals surface area contributed by atoms with Gasteiger partial charge in [-0.15, -0.1) is 0 Å². The molecule has 2 heterocycles. The van der Waals surface area contributed by atoms with E-state index in [4.69, 9.17) is 11.5 Å². The van der Waals surface area contributed by atoms with Gasteiger partial charge in [0.05, 0.1) is 22.2 Å². The first-order chi connectivity index (χ1) is 13.4. The maximum absolute atomic E-state index is 13.2. The standard InChI is InChI=1S/C18H11F6N5/c19-17(20,21)8-3-7(4-9(5-8)18(22,23)24)11-6-12-13(10-1-2-27-14(10)11)15(25)29-16(26)28-12/h1-6H,25H2,(H3,26,28,29). The van der Waals surface area contributed by atoms with Crippen molar-refractivity contribution in [2.24, 2.45) is 0 Å². The summed E-state index contributed by atoms with van der Waals surface area (Å²) in [5, 5.41) is 0.836. The van der Waals surface area contributed by atoms with Gasteiger partial charge in [0.1, 0.15) is 5.82 Å². The zero-order chi connectivity index (χ0) is 21.1. The minimum Gasteiger partial charge on any atom is -0.383 e. The first-order valence-corrected chi connectivity index (χ1v) is 8.07. The average molecular weight is 411 g/mol. The van der Waals surface area contributed by atoms with Crippen LogP contribution in [0.5, 0.6) is 0 Å². The van der Waals surface area contributed by atoms with E-state index in [2.05, 4.69) is 15.0 Å². The molecule has 0 unspecified atom stereocenters. The molecule has 0 aliphatic carbocycles. The van der Waals surface area contributed by atoms with Gasteiger partial charge >= 0.3 is 12.4 Å². The Labute approximate surface area is 158 Å². The number of hydrogen-bond donors (Lipinski definition) is 3. The monoisotopic (exact) mass is 411 g/mol. The third-order valence-electron chi connectivity index (χ3n) is 4.44. The number of alkyl halides is 6. The number of benzene rings is 2. The quantitative estimate of drug-likeness (QED) is 0.385. The lowest BCUT2D eigenvalue weighted by molar-refractivity contribution is -0.143. The van der Waals surface area contributed by atoms with Crippen LogP contribution in [0.2, 0.25) is 0 Å². The van der Waals surface area contributed by atoms with E-state index in [9.17, 15) is 26.3 Å². The van der Waals surface area contributed by atoms with E-state index in [1.165, 1.54) is 12.3 Å². The van der Waals surface area contributed by atoms with Crippen LogP contribution in [0, 0.1) is 0 Å². The largest absolute Gasteiger partial charge is 0.416 e. The molecule has 0 bridgehead atoms. The molecule has 0 saturated heterocycles. The molecule has 2 aromatic heterocycles. The molecule has 0 saturated carbocycles. The van der Waals surface area contributed by atoms with Gasteiger partial charge in [0, 0.05) is 22.5 Å². The van der Waals surface area contributed by atoms with Crippen molar-refractivity contribution in [3.05, 3.63) is 47.7 Å². The van der Waals surface area contributed by atoms with Crippen molar-refractivity contribution in [2.45, 2.75) is 12.4 Å². The van der Waals surface area contributed by atoms with Crippen molar-refractivity contribution in [3.8, 4) is 11.1 Å². The Kier molecular flexibility index (Phi) is 3.90. The molecule has 29 heavy (non-hydrogen) atoms. The predicted molar refractivity (Wildman–Crippen MR) is 95.7 cm³/mol. The number of hydrogen-bond acceptors (Lipinski definition) is 4. The summed E-state index contributed by atoms with van der Waals surface area (Å²) in [5.74, 6) is 0.000612. The number of aromatic nitrogens is 3. The number of halogens is 6. The maximum atomic E-state index is 13.2. The number of H-pyrrole nitrogens is 1. The third kappa shape index (κ3) is 3.18. The van der Waals surface area contributed by atoms with E-state index in [1.807, 2.05) is 0 Å². The number of nitrogen functional groups attached to an aromatic ring is 2. The number of fused-ring (bicyclic) bond motifs is 3. The van der Waals surface area contributed by atoms with Crippen molar-refractivity contribution < 1.29 is 26.3 Å². The molecule has 150 valence electrons. The highest BCUT2D eigenvalue weighted by Gasteiger charge is 2.37. The van der Waals surface area contributed by atoms with Crippen molar-refractivity contribution in [2.75, 3.05) is 11.5 Å². The van der Waals surface area contributed by atoms with E-state index in [1.54, 1.807) is 6.07 Å². The summed E-state index contributed by atoms with van der Waals surface area (Å²) in [7, 11) is 0.